The highest BCUT2D eigenvalue weighted by molar-refractivity contribution is 6.30. The smallest absolute Gasteiger partial charge is 0.323 e. The maximum Gasteiger partial charge on any atom is 0.323 e. The van der Waals surface area contributed by atoms with Gasteiger partial charge in [-0.25, -0.2) is 4.79 Å². The van der Waals surface area contributed by atoms with Crippen LogP contribution in [0.15, 0.2) is 127 Å². The van der Waals surface area contributed by atoms with Crippen molar-refractivity contribution >= 4 is 29.0 Å². The van der Waals surface area contributed by atoms with Crippen LogP contribution in [0.3, 0.4) is 0 Å². The predicted molar refractivity (Wildman–Crippen MR) is 206 cm³/mol. The van der Waals surface area contributed by atoms with E-state index in [1.165, 1.54) is 0 Å². The van der Waals surface area contributed by atoms with Crippen molar-refractivity contribution in [2.75, 3.05) is 30.3 Å². The number of carbonyl (C=O) groups is 1. The second-order valence-electron chi connectivity index (χ2n) is 13.8. The molecule has 9 nitrogen and oxygen atoms in total. The molecular formula is C43H44ClN3O6. The highest BCUT2D eigenvalue weighted by Gasteiger charge is 2.41. The Bertz CT molecular complexity index is 1930. The van der Waals surface area contributed by atoms with Gasteiger partial charge in [-0.2, -0.15) is 0 Å². The quantitative estimate of drug-likeness (QED) is 0.113. The van der Waals surface area contributed by atoms with Gasteiger partial charge in [-0.05, 0) is 90.2 Å². The Kier molecular flexibility index (Phi) is 11.4. The van der Waals surface area contributed by atoms with E-state index in [4.69, 9.17) is 25.8 Å². The van der Waals surface area contributed by atoms with Crippen LogP contribution in [0.2, 0.25) is 5.02 Å². The molecule has 10 heteroatoms. The molecule has 0 radical (unpaired) electrons. The first-order valence-electron chi connectivity index (χ1n) is 18.0. The maximum absolute atomic E-state index is 12.8. The summed E-state index contributed by atoms with van der Waals surface area (Å²) in [6.45, 7) is 4.25. The van der Waals surface area contributed by atoms with E-state index in [2.05, 4.69) is 22.5 Å². The van der Waals surface area contributed by atoms with E-state index in [1.54, 1.807) is 24.3 Å². The Balaban J connectivity index is 0.998. The minimum Gasteiger partial charge on any atom is -0.457 e. The largest absolute Gasteiger partial charge is 0.457 e. The Morgan fingerprint density at radius 2 is 1.38 bits per heavy atom. The number of amides is 2. The van der Waals surface area contributed by atoms with Crippen LogP contribution in [0.4, 0.5) is 16.2 Å². The van der Waals surface area contributed by atoms with Gasteiger partial charge in [-0.15, -0.1) is 0 Å². The maximum atomic E-state index is 12.8. The highest BCUT2D eigenvalue weighted by atomic mass is 35.5. The molecule has 2 saturated heterocycles. The number of benzene rings is 5. The van der Waals surface area contributed by atoms with Crippen molar-refractivity contribution in [3.8, 4) is 11.5 Å². The van der Waals surface area contributed by atoms with Crippen LogP contribution in [-0.2, 0) is 21.7 Å². The number of carbonyl (C=O) groups excluding carboxylic acids is 1. The number of nitrogens with one attached hydrogen (secondary N) is 2. The van der Waals surface area contributed by atoms with Gasteiger partial charge in [0.15, 0.2) is 6.29 Å². The van der Waals surface area contributed by atoms with Crippen molar-refractivity contribution in [1.82, 2.24) is 4.90 Å². The number of aliphatic hydroxyl groups is 2. The SMILES string of the molecule is CC1C(CN2CCC(O)(c3ccc(Cl)cc3)CC2)OC(c2ccc(NC(=O)Nc3ccc(Oc4ccccc4)cc3)cc2)OC1c1ccc(CO)cc1. The lowest BCUT2D eigenvalue weighted by Gasteiger charge is -2.45. The molecule has 0 saturated carbocycles. The molecule has 7 rings (SSSR count). The number of rotatable bonds is 10. The molecule has 274 valence electrons. The number of nitrogens with zero attached hydrogens (tertiary/aromatic N) is 1. The molecule has 0 spiro atoms. The number of aliphatic hydroxyl groups excluding tert-OH is 1. The molecule has 0 aromatic heterocycles. The molecule has 2 fully saturated rings. The molecule has 0 bridgehead atoms. The number of halogens is 1. The fourth-order valence-corrected chi connectivity index (χ4v) is 7.11. The van der Waals surface area contributed by atoms with Gasteiger partial charge in [0.05, 0.1) is 24.4 Å². The molecule has 5 aromatic carbocycles. The molecule has 2 amide bonds. The third kappa shape index (κ3) is 9.08. The van der Waals surface area contributed by atoms with Gasteiger partial charge in [0, 0.05) is 47.5 Å². The number of anilines is 2. The summed E-state index contributed by atoms with van der Waals surface area (Å²) in [5.74, 6) is 1.43. The predicted octanol–water partition coefficient (Wildman–Crippen LogP) is 9.04. The van der Waals surface area contributed by atoms with Gasteiger partial charge in [-0.3, -0.25) is 0 Å². The van der Waals surface area contributed by atoms with Crippen LogP contribution in [0.25, 0.3) is 0 Å². The molecule has 53 heavy (non-hydrogen) atoms. The zero-order valence-electron chi connectivity index (χ0n) is 29.5. The van der Waals surface area contributed by atoms with E-state index in [0.29, 0.717) is 41.5 Å². The molecule has 2 heterocycles. The fourth-order valence-electron chi connectivity index (χ4n) is 6.98. The van der Waals surface area contributed by atoms with Crippen molar-refractivity contribution in [2.24, 2.45) is 5.92 Å². The lowest BCUT2D eigenvalue weighted by atomic mass is 9.84. The summed E-state index contributed by atoms with van der Waals surface area (Å²) in [6.07, 6.45) is 0.158. The molecule has 4 N–H and O–H groups in total. The number of likely N-dealkylation sites (tertiary alicyclic amines) is 1. The first-order chi connectivity index (χ1) is 25.7. The fraction of sp³-hybridized carbons (Fsp3) is 0.279. The van der Waals surface area contributed by atoms with Gasteiger partial charge in [0.25, 0.3) is 0 Å². The Hall–Kier alpha value is -4.74. The number of hydrogen-bond acceptors (Lipinski definition) is 7. The Morgan fingerprint density at radius 3 is 2.00 bits per heavy atom. The average molecular weight is 734 g/mol. The van der Waals surface area contributed by atoms with Crippen molar-refractivity contribution in [2.45, 2.75) is 50.5 Å². The van der Waals surface area contributed by atoms with Gasteiger partial charge in [0.1, 0.15) is 11.5 Å². The van der Waals surface area contributed by atoms with Crippen LogP contribution < -0.4 is 15.4 Å². The number of ether oxygens (including phenoxy) is 3. The second kappa shape index (κ2) is 16.5. The molecule has 0 aliphatic carbocycles. The van der Waals surface area contributed by atoms with E-state index >= 15 is 0 Å². The van der Waals surface area contributed by atoms with E-state index in [1.807, 2.05) is 103 Å². The standard InChI is InChI=1S/C43H44ClN3O6/c1-29-39(27-47-25-23-43(50,24-26-47)33-13-15-34(44)16-14-33)52-41(53-40(29)31-9-7-30(28-48)8-10-31)32-11-17-35(18-12-32)45-42(49)46-36-19-21-38(22-20-36)51-37-5-3-2-4-6-37/h2-22,29,39-41,48,50H,23-28H2,1H3,(H2,45,46,49). The summed E-state index contributed by atoms with van der Waals surface area (Å²) < 4.78 is 19.2. The summed E-state index contributed by atoms with van der Waals surface area (Å²) in [4.78, 5) is 15.2. The van der Waals surface area contributed by atoms with Crippen LogP contribution >= 0.6 is 11.6 Å². The van der Waals surface area contributed by atoms with Gasteiger partial charge in [0.2, 0.25) is 0 Å². The van der Waals surface area contributed by atoms with Gasteiger partial charge >= 0.3 is 6.03 Å². The van der Waals surface area contributed by atoms with Crippen LogP contribution in [0.1, 0.15) is 54.4 Å². The zero-order chi connectivity index (χ0) is 36.8. The summed E-state index contributed by atoms with van der Waals surface area (Å²) in [7, 11) is 0. The minimum absolute atomic E-state index is 0.0203. The first kappa shape index (κ1) is 36.6. The summed E-state index contributed by atoms with van der Waals surface area (Å²) >= 11 is 6.10. The lowest BCUT2D eigenvalue weighted by Crippen LogP contribution is -2.49. The zero-order valence-corrected chi connectivity index (χ0v) is 30.3. The van der Waals surface area contributed by atoms with Crippen molar-refractivity contribution < 1.29 is 29.2 Å². The minimum atomic E-state index is -0.891. The summed E-state index contributed by atoms with van der Waals surface area (Å²) in [5, 5.41) is 27.5. The molecule has 4 unspecified atom stereocenters. The Morgan fingerprint density at radius 1 is 0.792 bits per heavy atom. The topological polar surface area (TPSA) is 113 Å². The molecular weight excluding hydrogens is 690 g/mol. The lowest BCUT2D eigenvalue weighted by molar-refractivity contribution is -0.277. The van der Waals surface area contributed by atoms with Crippen molar-refractivity contribution in [1.29, 1.82) is 0 Å². The van der Waals surface area contributed by atoms with E-state index in [-0.39, 0.29) is 30.8 Å². The number of hydrogen-bond donors (Lipinski definition) is 4. The number of piperidine rings is 1. The van der Waals surface area contributed by atoms with Gasteiger partial charge in [-0.1, -0.05) is 85.3 Å². The van der Waals surface area contributed by atoms with Crippen LogP contribution in [0, 0.1) is 5.92 Å². The van der Waals surface area contributed by atoms with E-state index in [9.17, 15) is 15.0 Å². The third-order valence-corrected chi connectivity index (χ3v) is 10.4. The van der Waals surface area contributed by atoms with Crippen LogP contribution in [0.5, 0.6) is 11.5 Å². The normalized spacial score (nSPS) is 21.4. The summed E-state index contributed by atoms with van der Waals surface area (Å²) in [5.41, 5.74) is 3.93. The molecule has 2 aliphatic heterocycles. The first-order valence-corrected chi connectivity index (χ1v) is 18.3. The summed E-state index contributed by atoms with van der Waals surface area (Å²) in [6, 6.07) is 39.1. The average Bonchev–Trinajstić information content (AvgIpc) is 3.18. The highest BCUT2D eigenvalue weighted by Crippen LogP contribution is 2.43. The van der Waals surface area contributed by atoms with E-state index in [0.717, 1.165) is 41.1 Å². The van der Waals surface area contributed by atoms with Crippen molar-refractivity contribution in [3.05, 3.63) is 155 Å². The molecule has 2 aliphatic rings. The molecule has 4 atom stereocenters. The third-order valence-electron chi connectivity index (χ3n) is 10.2. The number of para-hydroxylation sites is 1. The van der Waals surface area contributed by atoms with Gasteiger partial charge < -0.3 is 40.0 Å². The van der Waals surface area contributed by atoms with Crippen molar-refractivity contribution in [3.63, 3.8) is 0 Å². The monoisotopic (exact) mass is 733 g/mol. The van der Waals surface area contributed by atoms with Crippen LogP contribution in [-0.4, -0.2) is 46.9 Å². The number of urea groups is 1. The Labute approximate surface area is 315 Å². The second-order valence-corrected chi connectivity index (χ2v) is 14.2. The molecule has 5 aromatic rings. The van der Waals surface area contributed by atoms with E-state index < -0.39 is 11.9 Å².